The monoisotopic (exact) mass is 562 g/mol. The van der Waals surface area contributed by atoms with E-state index in [1.807, 2.05) is 121 Å². The molecule has 0 saturated heterocycles. The Morgan fingerprint density at radius 3 is 0.868 bits per heavy atom. The van der Waals surface area contributed by atoms with E-state index in [1.165, 1.54) is 0 Å². The second-order valence-corrected chi connectivity index (χ2v) is 18.3. The second kappa shape index (κ2) is 10.4. The molecule has 0 saturated carbocycles. The summed E-state index contributed by atoms with van der Waals surface area (Å²) < 4.78 is 2.00. The molecule has 0 spiro atoms. The highest BCUT2D eigenvalue weighted by molar-refractivity contribution is 7.37. The highest BCUT2D eigenvalue weighted by Gasteiger charge is 2.41. The summed E-state index contributed by atoms with van der Waals surface area (Å²) in [6.07, 6.45) is 0. The fraction of sp³-hybridized carbons (Fsp3) is 0. The SMILES string of the molecule is O[Si](c1ccccc1)(c1ccccc1)c1ccc(-c2ccc([Si](O)(c3ccccc3)c3ccccc3)s2)s1. The largest absolute Gasteiger partial charge is 0.420 e. The molecule has 2 nitrogen and oxygen atoms in total. The van der Waals surface area contributed by atoms with Gasteiger partial charge in [-0.05, 0) is 45.0 Å². The Morgan fingerprint density at radius 1 is 0.342 bits per heavy atom. The molecule has 0 aliphatic carbocycles. The van der Waals surface area contributed by atoms with E-state index in [0.717, 1.165) is 39.5 Å². The van der Waals surface area contributed by atoms with Gasteiger partial charge >= 0.3 is 0 Å². The smallest absolute Gasteiger partial charge is 0.295 e. The molecule has 38 heavy (non-hydrogen) atoms. The van der Waals surface area contributed by atoms with Crippen LogP contribution in [0, 0.1) is 0 Å². The standard InChI is InChI=1S/C32H26O2S2Si2/c33-37(25-13-5-1-6-14-25,26-15-7-2-8-16-26)31-23-21-29(35-31)30-22-24-32(36-30)38(34,27-17-9-3-10-18-27)28-19-11-4-12-20-28/h1-24,33-34H. The van der Waals surface area contributed by atoms with Crippen molar-refractivity contribution in [1.82, 2.24) is 0 Å². The molecule has 0 unspecified atom stereocenters. The van der Waals surface area contributed by atoms with Gasteiger partial charge in [0, 0.05) is 18.8 Å². The fourth-order valence-corrected chi connectivity index (χ4v) is 15.0. The molecule has 6 rings (SSSR count). The van der Waals surface area contributed by atoms with Gasteiger partial charge in [0.15, 0.2) is 0 Å². The van der Waals surface area contributed by atoms with Crippen molar-refractivity contribution < 1.29 is 9.59 Å². The van der Waals surface area contributed by atoms with Crippen molar-refractivity contribution in [3.8, 4) is 9.75 Å². The van der Waals surface area contributed by atoms with Crippen LogP contribution in [-0.4, -0.2) is 26.2 Å². The lowest BCUT2D eigenvalue weighted by atomic mass is 10.4. The molecule has 0 bridgehead atoms. The first kappa shape index (κ1) is 24.9. The summed E-state index contributed by atoms with van der Waals surface area (Å²) in [5, 5.41) is 3.89. The van der Waals surface area contributed by atoms with E-state index in [-0.39, 0.29) is 0 Å². The predicted molar refractivity (Wildman–Crippen MR) is 167 cm³/mol. The third-order valence-corrected chi connectivity index (χ3v) is 17.7. The van der Waals surface area contributed by atoms with Crippen LogP contribution in [0.15, 0.2) is 146 Å². The molecule has 6 heteroatoms. The van der Waals surface area contributed by atoms with Crippen molar-refractivity contribution in [2.45, 2.75) is 0 Å². The maximum absolute atomic E-state index is 12.3. The molecule has 2 heterocycles. The third-order valence-electron chi connectivity index (χ3n) is 6.93. The summed E-state index contributed by atoms with van der Waals surface area (Å²) in [7, 11) is -6.28. The Hall–Kier alpha value is -3.37. The molecule has 0 atom stereocenters. The predicted octanol–water partition coefficient (Wildman–Crippen LogP) is 3.40. The average molecular weight is 563 g/mol. The molecular formula is C32H26O2S2Si2. The minimum Gasteiger partial charge on any atom is -0.420 e. The lowest BCUT2D eigenvalue weighted by Gasteiger charge is -2.25. The van der Waals surface area contributed by atoms with Crippen LogP contribution in [-0.2, 0) is 0 Å². The molecule has 2 aromatic heterocycles. The lowest BCUT2D eigenvalue weighted by molar-refractivity contribution is 0.583. The van der Waals surface area contributed by atoms with E-state index < -0.39 is 16.6 Å². The number of benzene rings is 4. The van der Waals surface area contributed by atoms with E-state index in [2.05, 4.69) is 24.3 Å². The number of hydrogen-bond acceptors (Lipinski definition) is 4. The van der Waals surface area contributed by atoms with Crippen molar-refractivity contribution >= 4 is 69.1 Å². The number of rotatable bonds is 7. The van der Waals surface area contributed by atoms with Crippen molar-refractivity contribution in [1.29, 1.82) is 0 Å². The van der Waals surface area contributed by atoms with E-state index in [9.17, 15) is 9.59 Å². The lowest BCUT2D eigenvalue weighted by Crippen LogP contribution is -2.66. The quantitative estimate of drug-likeness (QED) is 0.293. The van der Waals surface area contributed by atoms with Gasteiger partial charge in [-0.1, -0.05) is 121 Å². The van der Waals surface area contributed by atoms with Crippen LogP contribution >= 0.6 is 22.7 Å². The van der Waals surface area contributed by atoms with Crippen molar-refractivity contribution in [3.63, 3.8) is 0 Å². The first-order chi connectivity index (χ1) is 18.6. The summed E-state index contributed by atoms with van der Waals surface area (Å²) in [6, 6.07) is 48.6. The van der Waals surface area contributed by atoms with Gasteiger partial charge in [0.2, 0.25) is 0 Å². The maximum atomic E-state index is 12.3. The van der Waals surface area contributed by atoms with Gasteiger partial charge in [-0.15, -0.1) is 22.7 Å². The fourth-order valence-electron chi connectivity index (χ4n) is 4.95. The minimum atomic E-state index is -3.14. The van der Waals surface area contributed by atoms with Gasteiger partial charge < -0.3 is 9.59 Å². The molecule has 0 fully saturated rings. The molecule has 0 radical (unpaired) electrons. The molecular weight excluding hydrogens is 537 g/mol. The van der Waals surface area contributed by atoms with Gasteiger partial charge in [-0.2, -0.15) is 0 Å². The summed E-state index contributed by atoms with van der Waals surface area (Å²) in [5.41, 5.74) is 0. The minimum absolute atomic E-state index is 0.974. The topological polar surface area (TPSA) is 40.5 Å². The molecule has 186 valence electrons. The summed E-state index contributed by atoms with van der Waals surface area (Å²) in [6.45, 7) is 0. The van der Waals surface area contributed by atoms with Crippen LogP contribution in [0.3, 0.4) is 0 Å². The van der Waals surface area contributed by atoms with Crippen molar-refractivity contribution in [2.75, 3.05) is 0 Å². The Bertz CT molecular complexity index is 1430. The van der Waals surface area contributed by atoms with E-state index in [1.54, 1.807) is 22.7 Å². The van der Waals surface area contributed by atoms with E-state index in [4.69, 9.17) is 0 Å². The highest BCUT2D eigenvalue weighted by atomic mass is 32.1. The van der Waals surface area contributed by atoms with Crippen molar-refractivity contribution in [3.05, 3.63) is 146 Å². The zero-order valence-electron chi connectivity index (χ0n) is 20.6. The third kappa shape index (κ3) is 4.35. The highest BCUT2D eigenvalue weighted by Crippen LogP contribution is 2.29. The zero-order valence-corrected chi connectivity index (χ0v) is 24.2. The first-order valence-electron chi connectivity index (χ1n) is 12.5. The Balaban J connectivity index is 1.43. The van der Waals surface area contributed by atoms with E-state index >= 15 is 0 Å². The molecule has 0 aliphatic heterocycles. The number of thiophene rings is 2. The summed E-state index contributed by atoms with van der Waals surface area (Å²) >= 11 is 3.31. The normalized spacial score (nSPS) is 11.9. The first-order valence-corrected chi connectivity index (χ1v) is 18.0. The van der Waals surface area contributed by atoms with Crippen LogP contribution < -0.4 is 29.7 Å². The summed E-state index contributed by atoms with van der Waals surface area (Å²) in [4.78, 5) is 26.9. The van der Waals surface area contributed by atoms with Crippen LogP contribution in [0.4, 0.5) is 0 Å². The van der Waals surface area contributed by atoms with Gasteiger partial charge in [-0.3, -0.25) is 0 Å². The molecule has 0 amide bonds. The second-order valence-electron chi connectivity index (χ2n) is 9.21. The van der Waals surface area contributed by atoms with Crippen LogP contribution in [0.25, 0.3) is 9.75 Å². The van der Waals surface area contributed by atoms with Crippen LogP contribution in [0.2, 0.25) is 0 Å². The van der Waals surface area contributed by atoms with Crippen LogP contribution in [0.5, 0.6) is 0 Å². The van der Waals surface area contributed by atoms with Crippen molar-refractivity contribution in [2.24, 2.45) is 0 Å². The molecule has 0 aliphatic rings. The maximum Gasteiger partial charge on any atom is 0.295 e. The zero-order chi connectivity index (χ0) is 26.0. The Kier molecular flexibility index (Phi) is 6.84. The van der Waals surface area contributed by atoms with Gasteiger partial charge in [0.05, 0.1) is 0 Å². The number of hydrogen-bond donors (Lipinski definition) is 2. The Morgan fingerprint density at radius 2 is 0.605 bits per heavy atom. The summed E-state index contributed by atoms with van der Waals surface area (Å²) in [5.74, 6) is 0. The van der Waals surface area contributed by atoms with E-state index in [0.29, 0.717) is 0 Å². The average Bonchev–Trinajstić information content (AvgIpc) is 3.69. The Labute approximate surface area is 233 Å². The van der Waals surface area contributed by atoms with Crippen LogP contribution in [0.1, 0.15) is 0 Å². The van der Waals surface area contributed by atoms with Gasteiger partial charge in [-0.25, -0.2) is 0 Å². The molecule has 6 aromatic rings. The molecule has 2 N–H and O–H groups in total. The van der Waals surface area contributed by atoms with Gasteiger partial charge in [0.25, 0.3) is 16.6 Å². The van der Waals surface area contributed by atoms with Gasteiger partial charge in [0.1, 0.15) is 0 Å². The molecule has 4 aromatic carbocycles.